The molecule has 0 heterocycles. The Hall–Kier alpha value is -0.460. The first-order valence-corrected chi connectivity index (χ1v) is 4.32. The fourth-order valence-electron chi connectivity index (χ4n) is 0.897. The van der Waals surface area contributed by atoms with Gasteiger partial charge in [0.1, 0.15) is 17.8 Å². The number of hydrogen-bond acceptors (Lipinski definition) is 5. The Morgan fingerprint density at radius 3 is 2.21 bits per heavy atom. The highest BCUT2D eigenvalue weighted by Gasteiger charge is 2.34. The van der Waals surface area contributed by atoms with Crippen molar-refractivity contribution in [3.05, 3.63) is 11.6 Å². The van der Waals surface area contributed by atoms with E-state index in [1.807, 2.05) is 0 Å². The van der Waals surface area contributed by atoms with Gasteiger partial charge in [-0.15, -0.1) is 0 Å². The van der Waals surface area contributed by atoms with E-state index in [1.54, 1.807) is 6.92 Å². The summed E-state index contributed by atoms with van der Waals surface area (Å²) < 4.78 is 0. The molecule has 0 aliphatic rings. The Balaban J connectivity index is 4.47. The molecule has 0 rings (SSSR count). The summed E-state index contributed by atoms with van der Waals surface area (Å²) in [6.07, 6.45) is -1.58. The predicted octanol–water partition coefficient (Wildman–Crippen LogP) is -1.61. The maximum Gasteiger partial charge on any atom is 0.114 e. The monoisotopic (exact) mass is 206 g/mol. The Bertz CT molecular complexity index is 199. The molecule has 0 spiro atoms. The van der Waals surface area contributed by atoms with Gasteiger partial charge >= 0.3 is 0 Å². The SMILES string of the molecule is C/C(=C\C(O)C(O)C(C)(O)CO)CO. The first-order chi connectivity index (χ1) is 6.35. The summed E-state index contributed by atoms with van der Waals surface area (Å²) >= 11 is 0. The predicted molar refractivity (Wildman–Crippen MR) is 50.6 cm³/mol. The van der Waals surface area contributed by atoms with Gasteiger partial charge in [-0.2, -0.15) is 0 Å². The van der Waals surface area contributed by atoms with Crippen LogP contribution in [-0.4, -0.2) is 56.6 Å². The quantitative estimate of drug-likeness (QED) is 0.348. The van der Waals surface area contributed by atoms with Crippen LogP contribution >= 0.6 is 0 Å². The van der Waals surface area contributed by atoms with E-state index >= 15 is 0 Å². The zero-order chi connectivity index (χ0) is 11.4. The van der Waals surface area contributed by atoms with Gasteiger partial charge < -0.3 is 25.5 Å². The molecule has 0 aromatic carbocycles. The molecule has 0 aliphatic heterocycles. The van der Waals surface area contributed by atoms with Crippen LogP contribution in [0.2, 0.25) is 0 Å². The summed E-state index contributed by atoms with van der Waals surface area (Å²) in [6, 6.07) is 0. The minimum atomic E-state index is -1.76. The standard InChI is InChI=1S/C9H18O5/c1-6(4-10)3-7(12)8(13)9(2,14)5-11/h3,7-8,10-14H,4-5H2,1-2H3/b6-3+. The van der Waals surface area contributed by atoms with Crippen LogP contribution in [0.5, 0.6) is 0 Å². The molecule has 0 aromatic rings. The zero-order valence-electron chi connectivity index (χ0n) is 8.38. The third-order valence-corrected chi connectivity index (χ3v) is 1.99. The van der Waals surface area contributed by atoms with E-state index < -0.39 is 24.4 Å². The Kier molecular flexibility index (Phi) is 5.25. The van der Waals surface area contributed by atoms with Crippen molar-refractivity contribution in [2.45, 2.75) is 31.7 Å². The van der Waals surface area contributed by atoms with Crippen LogP contribution in [0.3, 0.4) is 0 Å². The van der Waals surface area contributed by atoms with E-state index in [4.69, 9.17) is 10.2 Å². The third kappa shape index (κ3) is 3.73. The molecule has 5 nitrogen and oxygen atoms in total. The molecule has 5 N–H and O–H groups in total. The largest absolute Gasteiger partial charge is 0.393 e. The second kappa shape index (κ2) is 5.43. The van der Waals surface area contributed by atoms with Crippen molar-refractivity contribution in [1.29, 1.82) is 0 Å². The number of hydrogen-bond donors (Lipinski definition) is 5. The molecule has 3 unspecified atom stereocenters. The maximum absolute atomic E-state index is 9.40. The topological polar surface area (TPSA) is 101 Å². The summed E-state index contributed by atoms with van der Waals surface area (Å²) in [7, 11) is 0. The van der Waals surface area contributed by atoms with E-state index in [0.29, 0.717) is 5.57 Å². The fraction of sp³-hybridized carbons (Fsp3) is 0.778. The van der Waals surface area contributed by atoms with Crippen LogP contribution in [0.1, 0.15) is 13.8 Å². The molecule has 5 heteroatoms. The molecule has 0 fully saturated rings. The van der Waals surface area contributed by atoms with E-state index in [-0.39, 0.29) is 6.61 Å². The average Bonchev–Trinajstić information content (AvgIpc) is 2.16. The first-order valence-electron chi connectivity index (χ1n) is 4.32. The fourth-order valence-corrected chi connectivity index (χ4v) is 0.897. The molecule has 14 heavy (non-hydrogen) atoms. The van der Waals surface area contributed by atoms with E-state index in [2.05, 4.69) is 0 Å². The second-order valence-electron chi connectivity index (χ2n) is 3.62. The third-order valence-electron chi connectivity index (χ3n) is 1.99. The normalized spacial score (nSPS) is 21.5. The van der Waals surface area contributed by atoms with Crippen LogP contribution in [-0.2, 0) is 0 Å². The van der Waals surface area contributed by atoms with Gasteiger partial charge in [-0.05, 0) is 19.4 Å². The minimum absolute atomic E-state index is 0.231. The van der Waals surface area contributed by atoms with Crippen molar-refractivity contribution < 1.29 is 25.5 Å². The van der Waals surface area contributed by atoms with Crippen molar-refractivity contribution in [3.63, 3.8) is 0 Å². The van der Waals surface area contributed by atoms with Crippen LogP contribution in [0, 0.1) is 0 Å². The molecular formula is C9H18O5. The summed E-state index contributed by atoms with van der Waals surface area (Å²) in [4.78, 5) is 0. The van der Waals surface area contributed by atoms with Gasteiger partial charge in [-0.3, -0.25) is 0 Å². The van der Waals surface area contributed by atoms with Gasteiger partial charge in [0.25, 0.3) is 0 Å². The molecule has 0 aliphatic carbocycles. The van der Waals surface area contributed by atoms with Gasteiger partial charge in [-0.25, -0.2) is 0 Å². The Labute approximate surface area is 82.9 Å². The van der Waals surface area contributed by atoms with Crippen molar-refractivity contribution in [3.8, 4) is 0 Å². The van der Waals surface area contributed by atoms with Crippen LogP contribution in [0.4, 0.5) is 0 Å². The van der Waals surface area contributed by atoms with Crippen LogP contribution in [0.15, 0.2) is 11.6 Å². The first kappa shape index (κ1) is 13.5. The molecule has 84 valence electrons. The zero-order valence-corrected chi connectivity index (χ0v) is 8.38. The molecule has 0 saturated carbocycles. The molecule has 0 saturated heterocycles. The van der Waals surface area contributed by atoms with E-state index in [1.165, 1.54) is 13.0 Å². The second-order valence-corrected chi connectivity index (χ2v) is 3.62. The molecular weight excluding hydrogens is 188 g/mol. The minimum Gasteiger partial charge on any atom is -0.393 e. The molecule has 0 amide bonds. The lowest BCUT2D eigenvalue weighted by Crippen LogP contribution is -2.49. The van der Waals surface area contributed by atoms with Crippen LogP contribution in [0.25, 0.3) is 0 Å². The molecule has 3 atom stereocenters. The van der Waals surface area contributed by atoms with Gasteiger partial charge in [0.2, 0.25) is 0 Å². The summed E-state index contributed by atoms with van der Waals surface area (Å²) in [6.45, 7) is 1.90. The van der Waals surface area contributed by atoms with Crippen molar-refractivity contribution in [2.75, 3.05) is 13.2 Å². The maximum atomic E-state index is 9.40. The van der Waals surface area contributed by atoms with Gasteiger partial charge in [-0.1, -0.05) is 6.08 Å². The van der Waals surface area contributed by atoms with E-state index in [9.17, 15) is 15.3 Å². The molecule has 0 aromatic heterocycles. The van der Waals surface area contributed by atoms with Gasteiger partial charge in [0.05, 0.1) is 13.2 Å². The highest BCUT2D eigenvalue weighted by Crippen LogP contribution is 2.14. The highest BCUT2D eigenvalue weighted by molar-refractivity contribution is 5.06. The number of rotatable bonds is 5. The number of aliphatic hydroxyl groups is 5. The number of aliphatic hydroxyl groups excluding tert-OH is 4. The average molecular weight is 206 g/mol. The molecule has 0 bridgehead atoms. The highest BCUT2D eigenvalue weighted by atomic mass is 16.4. The summed E-state index contributed by atoms with van der Waals surface area (Å²) in [5.41, 5.74) is -1.28. The van der Waals surface area contributed by atoms with Gasteiger partial charge in [0.15, 0.2) is 0 Å². The summed E-state index contributed by atoms with van der Waals surface area (Å²) in [5, 5.41) is 45.5. The van der Waals surface area contributed by atoms with Gasteiger partial charge in [0, 0.05) is 0 Å². The van der Waals surface area contributed by atoms with Crippen molar-refractivity contribution >= 4 is 0 Å². The molecule has 0 radical (unpaired) electrons. The van der Waals surface area contributed by atoms with E-state index in [0.717, 1.165) is 0 Å². The Morgan fingerprint density at radius 1 is 1.36 bits per heavy atom. The van der Waals surface area contributed by atoms with Crippen molar-refractivity contribution in [1.82, 2.24) is 0 Å². The van der Waals surface area contributed by atoms with Crippen molar-refractivity contribution in [2.24, 2.45) is 0 Å². The lowest BCUT2D eigenvalue weighted by atomic mass is 9.94. The van der Waals surface area contributed by atoms with Crippen LogP contribution < -0.4 is 0 Å². The summed E-state index contributed by atoms with van der Waals surface area (Å²) in [5.74, 6) is 0. The smallest absolute Gasteiger partial charge is 0.114 e. The Morgan fingerprint density at radius 2 is 1.86 bits per heavy atom. The lowest BCUT2D eigenvalue weighted by Gasteiger charge is -2.29. The lowest BCUT2D eigenvalue weighted by molar-refractivity contribution is -0.125.